The van der Waals surface area contributed by atoms with E-state index in [-0.39, 0.29) is 23.5 Å². The van der Waals surface area contributed by atoms with Crippen LogP contribution < -0.4 is 16.0 Å². The second-order valence-electron chi connectivity index (χ2n) is 7.63. The molecule has 9 heteroatoms. The molecule has 0 unspecified atom stereocenters. The fraction of sp³-hybridized carbons (Fsp3) is 0.304. The molecule has 0 spiro atoms. The van der Waals surface area contributed by atoms with Gasteiger partial charge in [-0.3, -0.25) is 4.79 Å². The van der Waals surface area contributed by atoms with Gasteiger partial charge in [0.1, 0.15) is 11.3 Å². The minimum atomic E-state index is -4.81. The number of alkyl halides is 3. The number of halogens is 3. The van der Waals surface area contributed by atoms with Crippen molar-refractivity contribution in [2.75, 3.05) is 13.7 Å². The number of benzene rings is 2. The van der Waals surface area contributed by atoms with Crippen LogP contribution in [0.15, 0.2) is 35.1 Å². The van der Waals surface area contributed by atoms with Gasteiger partial charge in [-0.15, -0.1) is 0 Å². The predicted octanol–water partition coefficient (Wildman–Crippen LogP) is 5.04. The topological polar surface area (TPSA) is 94.4 Å². The molecule has 0 aliphatic rings. The third-order valence-corrected chi connectivity index (χ3v) is 5.45. The molecule has 3 rings (SSSR count). The van der Waals surface area contributed by atoms with Gasteiger partial charge in [0.25, 0.3) is 5.56 Å². The average molecular weight is 448 g/mol. The SMILES string of the molecule is COc1cc(C)c2[nH]c(=O)c(C(F)(F)F)c(C)c2c1-c1ccc([C@@H](C)COC(N)=O)cc1. The van der Waals surface area contributed by atoms with Crippen molar-refractivity contribution in [1.29, 1.82) is 0 Å². The first-order chi connectivity index (χ1) is 15.0. The lowest BCUT2D eigenvalue weighted by Gasteiger charge is -2.19. The summed E-state index contributed by atoms with van der Waals surface area (Å²) in [7, 11) is 1.44. The summed E-state index contributed by atoms with van der Waals surface area (Å²) in [5.41, 5.74) is 5.25. The molecule has 3 N–H and O–H groups in total. The zero-order chi connectivity index (χ0) is 23.8. The number of aromatic amines is 1. The highest BCUT2D eigenvalue weighted by molar-refractivity contribution is 6.02. The van der Waals surface area contributed by atoms with Crippen molar-refractivity contribution in [2.45, 2.75) is 32.9 Å². The molecule has 3 aromatic rings. The lowest BCUT2D eigenvalue weighted by molar-refractivity contribution is -0.139. The minimum Gasteiger partial charge on any atom is -0.496 e. The van der Waals surface area contributed by atoms with Crippen LogP contribution in [0.25, 0.3) is 22.0 Å². The molecule has 0 fully saturated rings. The number of fused-ring (bicyclic) bond motifs is 1. The first kappa shape index (κ1) is 23.2. The zero-order valence-corrected chi connectivity index (χ0v) is 18.0. The number of pyridine rings is 1. The van der Waals surface area contributed by atoms with Crippen LogP contribution in [-0.2, 0) is 10.9 Å². The van der Waals surface area contributed by atoms with E-state index in [1.807, 2.05) is 6.92 Å². The lowest BCUT2D eigenvalue weighted by Crippen LogP contribution is -2.24. The number of nitrogens with one attached hydrogen (secondary N) is 1. The number of aromatic nitrogens is 1. The van der Waals surface area contributed by atoms with Gasteiger partial charge >= 0.3 is 12.3 Å². The maximum atomic E-state index is 13.6. The van der Waals surface area contributed by atoms with Crippen molar-refractivity contribution >= 4 is 17.0 Å². The molecular formula is C23H23F3N2O4. The molecule has 2 aromatic carbocycles. The summed E-state index contributed by atoms with van der Waals surface area (Å²) in [5, 5.41) is 0.270. The summed E-state index contributed by atoms with van der Waals surface area (Å²) in [6, 6.07) is 8.76. The molecule has 1 atom stereocenters. The monoisotopic (exact) mass is 448 g/mol. The Labute approximate surface area is 182 Å². The van der Waals surface area contributed by atoms with Crippen molar-refractivity contribution in [3.05, 3.63) is 62.9 Å². The van der Waals surface area contributed by atoms with Crippen LogP contribution in [-0.4, -0.2) is 24.8 Å². The van der Waals surface area contributed by atoms with Gasteiger partial charge in [-0.1, -0.05) is 31.2 Å². The summed E-state index contributed by atoms with van der Waals surface area (Å²) in [5.74, 6) is 0.249. The Kier molecular flexibility index (Phi) is 6.20. The van der Waals surface area contributed by atoms with Gasteiger partial charge in [-0.2, -0.15) is 13.2 Å². The molecule has 0 radical (unpaired) electrons. The number of primary amides is 1. The van der Waals surface area contributed by atoms with E-state index in [1.165, 1.54) is 14.0 Å². The van der Waals surface area contributed by atoms with E-state index in [9.17, 15) is 22.8 Å². The molecule has 0 aliphatic heterocycles. The Morgan fingerprint density at radius 1 is 1.19 bits per heavy atom. The summed E-state index contributed by atoms with van der Waals surface area (Å²) in [6.45, 7) is 4.94. The number of hydrogen-bond donors (Lipinski definition) is 2. The van der Waals surface area contributed by atoms with Gasteiger partial charge in [-0.05, 0) is 42.2 Å². The van der Waals surface area contributed by atoms with Gasteiger partial charge in [0.15, 0.2) is 0 Å². The summed E-state index contributed by atoms with van der Waals surface area (Å²) < 4.78 is 51.2. The number of hydrogen-bond acceptors (Lipinski definition) is 4. The molecule has 1 amide bonds. The molecule has 1 aromatic heterocycles. The molecule has 6 nitrogen and oxygen atoms in total. The standard InChI is InChI=1S/C23H23F3N2O4/c1-11-9-16(31-4)18(15-7-5-14(6-8-15)12(2)10-32-22(27)30)17-13(3)19(23(24,25)26)21(29)28-20(11)17/h5-9,12H,10H2,1-4H3,(H2,27,30)(H,28,29)/t12-/m0/s1. The van der Waals surface area contributed by atoms with Gasteiger partial charge in [-0.25, -0.2) is 4.79 Å². The summed E-state index contributed by atoms with van der Waals surface area (Å²) in [6.07, 6.45) is -5.67. The van der Waals surface area contributed by atoms with E-state index in [0.29, 0.717) is 28.0 Å². The van der Waals surface area contributed by atoms with E-state index in [4.69, 9.17) is 15.2 Å². The van der Waals surface area contributed by atoms with Crippen molar-refractivity contribution in [3.63, 3.8) is 0 Å². The Morgan fingerprint density at radius 2 is 1.81 bits per heavy atom. The Morgan fingerprint density at radius 3 is 2.34 bits per heavy atom. The van der Waals surface area contributed by atoms with E-state index >= 15 is 0 Å². The average Bonchev–Trinajstić information content (AvgIpc) is 2.71. The fourth-order valence-corrected chi connectivity index (χ4v) is 3.86. The van der Waals surface area contributed by atoms with Gasteiger partial charge < -0.3 is 20.2 Å². The number of methoxy groups -OCH3 is 1. The number of carbonyl (C=O) groups is 1. The predicted molar refractivity (Wildman–Crippen MR) is 115 cm³/mol. The van der Waals surface area contributed by atoms with Crippen LogP contribution in [0.3, 0.4) is 0 Å². The van der Waals surface area contributed by atoms with Crippen LogP contribution in [0, 0.1) is 13.8 Å². The molecule has 0 saturated carbocycles. The number of ether oxygens (including phenoxy) is 2. The number of amides is 1. The van der Waals surface area contributed by atoms with E-state index in [1.54, 1.807) is 37.3 Å². The van der Waals surface area contributed by atoms with Crippen LogP contribution in [0.5, 0.6) is 5.75 Å². The van der Waals surface area contributed by atoms with Gasteiger partial charge in [0.2, 0.25) is 0 Å². The number of H-pyrrole nitrogens is 1. The van der Waals surface area contributed by atoms with Crippen LogP contribution >= 0.6 is 0 Å². The van der Waals surface area contributed by atoms with Crippen LogP contribution in [0.1, 0.15) is 35.1 Å². The number of carbonyl (C=O) groups excluding carboxylic acids is 1. The second kappa shape index (κ2) is 8.57. The molecule has 0 aliphatic carbocycles. The Hall–Kier alpha value is -3.49. The number of aryl methyl sites for hydroxylation is 2. The second-order valence-corrected chi connectivity index (χ2v) is 7.63. The minimum absolute atomic E-state index is 0.0980. The number of rotatable bonds is 5. The van der Waals surface area contributed by atoms with E-state index < -0.39 is 23.4 Å². The Balaban J connectivity index is 2.25. The van der Waals surface area contributed by atoms with Gasteiger partial charge in [0, 0.05) is 16.9 Å². The largest absolute Gasteiger partial charge is 0.496 e. The highest BCUT2D eigenvalue weighted by Crippen LogP contribution is 2.42. The van der Waals surface area contributed by atoms with Crippen molar-refractivity contribution in [1.82, 2.24) is 4.98 Å². The highest BCUT2D eigenvalue weighted by atomic mass is 19.4. The molecule has 32 heavy (non-hydrogen) atoms. The normalized spacial score (nSPS) is 12.6. The van der Waals surface area contributed by atoms with Gasteiger partial charge in [0.05, 0.1) is 19.2 Å². The number of nitrogens with two attached hydrogens (primary N) is 1. The quantitative estimate of drug-likeness (QED) is 0.572. The molecular weight excluding hydrogens is 425 g/mol. The van der Waals surface area contributed by atoms with Crippen molar-refractivity contribution < 1.29 is 27.4 Å². The van der Waals surface area contributed by atoms with Crippen molar-refractivity contribution in [3.8, 4) is 16.9 Å². The molecule has 0 bridgehead atoms. The zero-order valence-electron chi connectivity index (χ0n) is 18.0. The smallest absolute Gasteiger partial charge is 0.421 e. The first-order valence-corrected chi connectivity index (χ1v) is 9.79. The summed E-state index contributed by atoms with van der Waals surface area (Å²) in [4.78, 5) is 25.5. The summed E-state index contributed by atoms with van der Waals surface area (Å²) >= 11 is 0. The maximum absolute atomic E-state index is 13.6. The van der Waals surface area contributed by atoms with E-state index in [0.717, 1.165) is 5.56 Å². The molecule has 1 heterocycles. The van der Waals surface area contributed by atoms with Crippen LogP contribution in [0.4, 0.5) is 18.0 Å². The van der Waals surface area contributed by atoms with E-state index in [2.05, 4.69) is 4.98 Å². The fourth-order valence-electron chi connectivity index (χ4n) is 3.86. The Bertz CT molecular complexity index is 1230. The first-order valence-electron chi connectivity index (χ1n) is 9.79. The lowest BCUT2D eigenvalue weighted by atomic mass is 9.91. The third-order valence-electron chi connectivity index (χ3n) is 5.45. The molecule has 0 saturated heterocycles. The third kappa shape index (κ3) is 4.28. The molecule has 170 valence electrons. The maximum Gasteiger partial charge on any atom is 0.421 e. The van der Waals surface area contributed by atoms with Crippen LogP contribution in [0.2, 0.25) is 0 Å². The highest BCUT2D eigenvalue weighted by Gasteiger charge is 2.37. The van der Waals surface area contributed by atoms with Crippen molar-refractivity contribution in [2.24, 2.45) is 5.73 Å².